The third-order valence-corrected chi connectivity index (χ3v) is 3.59. The number of halogens is 1. The zero-order valence-electron chi connectivity index (χ0n) is 11.2. The van der Waals surface area contributed by atoms with Crippen LogP contribution in [0.1, 0.15) is 18.1 Å². The number of hydrogen-bond acceptors (Lipinski definition) is 3. The Morgan fingerprint density at radius 3 is 2.80 bits per heavy atom. The van der Waals surface area contributed by atoms with Gasteiger partial charge < -0.3 is 10.1 Å². The largest absolute Gasteiger partial charge is 0.456 e. The minimum atomic E-state index is 0.531. The summed E-state index contributed by atoms with van der Waals surface area (Å²) in [6.07, 6.45) is 0. The van der Waals surface area contributed by atoms with Gasteiger partial charge in [0.15, 0.2) is 0 Å². The molecule has 0 spiro atoms. The molecular weight excluding hydrogens is 316 g/mol. The molecule has 0 amide bonds. The van der Waals surface area contributed by atoms with Gasteiger partial charge in [0.2, 0.25) is 0 Å². The maximum Gasteiger partial charge on any atom is 0.145 e. The average molecular weight is 331 g/mol. The van der Waals surface area contributed by atoms with Crippen molar-refractivity contribution in [1.29, 1.82) is 5.26 Å². The monoisotopic (exact) mass is 330 g/mol. The van der Waals surface area contributed by atoms with Gasteiger partial charge in [0.1, 0.15) is 17.6 Å². The molecule has 0 atom stereocenters. The van der Waals surface area contributed by atoms with Crippen molar-refractivity contribution in [3.05, 3.63) is 58.1 Å². The Balaban J connectivity index is 2.23. The normalized spacial score (nSPS) is 10.1. The lowest BCUT2D eigenvalue weighted by atomic mass is 10.2. The van der Waals surface area contributed by atoms with Crippen molar-refractivity contribution in [2.45, 2.75) is 13.5 Å². The second-order valence-electron chi connectivity index (χ2n) is 4.24. The lowest BCUT2D eigenvalue weighted by Crippen LogP contribution is -2.12. The van der Waals surface area contributed by atoms with Crippen molar-refractivity contribution < 1.29 is 4.74 Å². The lowest BCUT2D eigenvalue weighted by Gasteiger charge is -2.10. The van der Waals surface area contributed by atoms with Crippen LogP contribution in [0.2, 0.25) is 0 Å². The third-order valence-electron chi connectivity index (χ3n) is 2.82. The van der Waals surface area contributed by atoms with Crippen LogP contribution >= 0.6 is 15.9 Å². The maximum atomic E-state index is 9.06. The molecule has 2 rings (SSSR count). The minimum Gasteiger partial charge on any atom is -0.456 e. The molecule has 0 radical (unpaired) electrons. The molecule has 0 aromatic heterocycles. The fourth-order valence-electron chi connectivity index (χ4n) is 1.78. The molecule has 4 heteroatoms. The molecule has 0 bridgehead atoms. The molecule has 0 unspecified atom stereocenters. The summed E-state index contributed by atoms with van der Waals surface area (Å²) < 4.78 is 6.85. The van der Waals surface area contributed by atoms with E-state index in [2.05, 4.69) is 34.2 Å². The van der Waals surface area contributed by atoms with E-state index < -0.39 is 0 Å². The fourth-order valence-corrected chi connectivity index (χ4v) is 2.17. The van der Waals surface area contributed by atoms with E-state index in [0.717, 1.165) is 28.9 Å². The van der Waals surface area contributed by atoms with E-state index in [-0.39, 0.29) is 0 Å². The average Bonchev–Trinajstić information content (AvgIpc) is 2.48. The number of rotatable bonds is 5. The second kappa shape index (κ2) is 7.09. The standard InChI is InChI=1S/C16H15BrN2O/c1-2-19-11-13-9-14(7-8-15(13)17)20-16-6-4-3-5-12(16)10-18/h3-9,19H,2,11H2,1H3. The van der Waals surface area contributed by atoms with Gasteiger partial charge >= 0.3 is 0 Å². The van der Waals surface area contributed by atoms with Gasteiger partial charge in [-0.25, -0.2) is 0 Å². The molecule has 0 aliphatic rings. The Bertz CT molecular complexity index is 635. The number of nitriles is 1. The van der Waals surface area contributed by atoms with Crippen molar-refractivity contribution in [2.75, 3.05) is 6.54 Å². The van der Waals surface area contributed by atoms with Gasteiger partial charge in [0, 0.05) is 11.0 Å². The zero-order chi connectivity index (χ0) is 14.4. The lowest BCUT2D eigenvalue weighted by molar-refractivity contribution is 0.480. The van der Waals surface area contributed by atoms with E-state index in [0.29, 0.717) is 11.3 Å². The Labute approximate surface area is 127 Å². The summed E-state index contributed by atoms with van der Waals surface area (Å²) in [6.45, 7) is 3.75. The molecule has 20 heavy (non-hydrogen) atoms. The highest BCUT2D eigenvalue weighted by Gasteiger charge is 2.06. The van der Waals surface area contributed by atoms with Crippen molar-refractivity contribution in [3.63, 3.8) is 0 Å². The van der Waals surface area contributed by atoms with Gasteiger partial charge in [-0.1, -0.05) is 35.0 Å². The summed E-state index contributed by atoms with van der Waals surface area (Å²) >= 11 is 3.53. The molecule has 0 fully saturated rings. The predicted molar refractivity (Wildman–Crippen MR) is 82.8 cm³/mol. The van der Waals surface area contributed by atoms with Gasteiger partial charge in [0.25, 0.3) is 0 Å². The summed E-state index contributed by atoms with van der Waals surface area (Å²) in [5.41, 5.74) is 1.66. The molecule has 0 saturated carbocycles. The molecule has 0 aliphatic carbocycles. The van der Waals surface area contributed by atoms with Crippen LogP contribution in [0.4, 0.5) is 0 Å². The fraction of sp³-hybridized carbons (Fsp3) is 0.188. The minimum absolute atomic E-state index is 0.531. The van der Waals surface area contributed by atoms with E-state index >= 15 is 0 Å². The predicted octanol–water partition coefficient (Wildman–Crippen LogP) is 4.22. The number of benzene rings is 2. The number of nitrogens with one attached hydrogen (secondary N) is 1. The number of hydrogen-bond donors (Lipinski definition) is 1. The van der Waals surface area contributed by atoms with Crippen LogP contribution in [0.25, 0.3) is 0 Å². The molecule has 0 saturated heterocycles. The first kappa shape index (κ1) is 14.6. The van der Waals surface area contributed by atoms with Gasteiger partial charge in [0.05, 0.1) is 5.56 Å². The van der Waals surface area contributed by atoms with Crippen LogP contribution in [-0.2, 0) is 6.54 Å². The first-order chi connectivity index (χ1) is 9.74. The first-order valence-corrected chi connectivity index (χ1v) is 7.20. The smallest absolute Gasteiger partial charge is 0.145 e. The second-order valence-corrected chi connectivity index (χ2v) is 5.10. The summed E-state index contributed by atoms with van der Waals surface area (Å²) in [7, 11) is 0. The molecule has 102 valence electrons. The maximum absolute atomic E-state index is 9.06. The van der Waals surface area contributed by atoms with E-state index in [1.54, 1.807) is 12.1 Å². The summed E-state index contributed by atoms with van der Waals surface area (Å²) in [6, 6.07) is 15.2. The van der Waals surface area contributed by atoms with Crippen LogP contribution < -0.4 is 10.1 Å². The van der Waals surface area contributed by atoms with Crippen LogP contribution in [0.5, 0.6) is 11.5 Å². The van der Waals surface area contributed by atoms with Crippen LogP contribution in [0.15, 0.2) is 46.9 Å². The molecule has 3 nitrogen and oxygen atoms in total. The molecule has 0 aliphatic heterocycles. The molecule has 1 N–H and O–H groups in total. The highest BCUT2D eigenvalue weighted by Crippen LogP contribution is 2.28. The van der Waals surface area contributed by atoms with Gasteiger partial charge in [-0.05, 0) is 42.4 Å². The van der Waals surface area contributed by atoms with Crippen LogP contribution in [0, 0.1) is 11.3 Å². The molecule has 2 aromatic rings. The highest BCUT2D eigenvalue weighted by atomic mass is 79.9. The van der Waals surface area contributed by atoms with Gasteiger partial charge in [-0.3, -0.25) is 0 Å². The van der Waals surface area contributed by atoms with Crippen LogP contribution in [0.3, 0.4) is 0 Å². The summed E-state index contributed by atoms with van der Waals surface area (Å²) in [5, 5.41) is 12.3. The van der Waals surface area contributed by atoms with E-state index in [9.17, 15) is 0 Å². The number of para-hydroxylation sites is 1. The number of ether oxygens (including phenoxy) is 1. The Morgan fingerprint density at radius 2 is 2.05 bits per heavy atom. The van der Waals surface area contributed by atoms with Crippen molar-refractivity contribution >= 4 is 15.9 Å². The summed E-state index contributed by atoms with van der Waals surface area (Å²) in [5.74, 6) is 1.30. The van der Waals surface area contributed by atoms with Crippen molar-refractivity contribution in [3.8, 4) is 17.6 Å². The van der Waals surface area contributed by atoms with Crippen molar-refractivity contribution in [1.82, 2.24) is 5.32 Å². The quantitative estimate of drug-likeness (QED) is 0.892. The van der Waals surface area contributed by atoms with Crippen LogP contribution in [-0.4, -0.2) is 6.54 Å². The first-order valence-electron chi connectivity index (χ1n) is 6.40. The number of nitrogens with zero attached hydrogens (tertiary/aromatic N) is 1. The Morgan fingerprint density at radius 1 is 1.25 bits per heavy atom. The van der Waals surface area contributed by atoms with Gasteiger partial charge in [-0.2, -0.15) is 5.26 Å². The SMILES string of the molecule is CCNCc1cc(Oc2ccccc2C#N)ccc1Br. The van der Waals surface area contributed by atoms with E-state index in [4.69, 9.17) is 10.00 Å². The summed E-state index contributed by atoms with van der Waals surface area (Å²) in [4.78, 5) is 0. The highest BCUT2D eigenvalue weighted by molar-refractivity contribution is 9.10. The zero-order valence-corrected chi connectivity index (χ0v) is 12.8. The van der Waals surface area contributed by atoms with E-state index in [1.165, 1.54) is 0 Å². The molecular formula is C16H15BrN2O. The Kier molecular flexibility index (Phi) is 5.16. The third kappa shape index (κ3) is 3.60. The van der Waals surface area contributed by atoms with Crippen molar-refractivity contribution in [2.24, 2.45) is 0 Å². The van der Waals surface area contributed by atoms with E-state index in [1.807, 2.05) is 30.3 Å². The Hall–Kier alpha value is -1.83. The van der Waals surface area contributed by atoms with Gasteiger partial charge in [-0.15, -0.1) is 0 Å². The topological polar surface area (TPSA) is 45.0 Å². The molecule has 0 heterocycles. The molecule has 2 aromatic carbocycles.